The van der Waals surface area contributed by atoms with Crippen molar-refractivity contribution in [1.29, 1.82) is 0 Å². The van der Waals surface area contributed by atoms with E-state index in [2.05, 4.69) is 13.2 Å². The molecule has 3 rings (SSSR count). The summed E-state index contributed by atoms with van der Waals surface area (Å²) in [5.74, 6) is -0.701. The molecule has 3 aromatic rings. The molecule has 0 radical (unpaired) electrons. The molecule has 0 atom stereocenters. The Kier molecular flexibility index (Phi) is 6.32. The van der Waals surface area contributed by atoms with E-state index in [9.17, 15) is 14.3 Å². The molecule has 0 bridgehead atoms. The molecule has 152 valence electrons. The standard InChI is InChI=1S/C25H22FNO3/c1-17(2)27(22-8-6-7-20(15-22)25(28)29)18(3)23-9-4-5-10-24(23)30-16-19-11-13-21(26)14-12-19/h4-15H,1,3,16H2,2H3,(H,28,29). The lowest BCUT2D eigenvalue weighted by atomic mass is 10.1. The maximum atomic E-state index is 13.1. The fourth-order valence-corrected chi connectivity index (χ4v) is 3.08. The van der Waals surface area contributed by atoms with Gasteiger partial charge in [0, 0.05) is 22.6 Å². The average Bonchev–Trinajstić information content (AvgIpc) is 2.73. The fourth-order valence-electron chi connectivity index (χ4n) is 3.08. The number of halogens is 1. The Bertz CT molecular complexity index is 1090. The van der Waals surface area contributed by atoms with Gasteiger partial charge in [-0.15, -0.1) is 0 Å². The summed E-state index contributed by atoms with van der Waals surface area (Å²) in [6, 6.07) is 20.1. The van der Waals surface area contributed by atoms with Crippen molar-refractivity contribution in [3.63, 3.8) is 0 Å². The van der Waals surface area contributed by atoms with Gasteiger partial charge in [0.1, 0.15) is 18.2 Å². The van der Waals surface area contributed by atoms with E-state index >= 15 is 0 Å². The molecule has 0 saturated carbocycles. The molecule has 0 fully saturated rings. The average molecular weight is 403 g/mol. The number of hydrogen-bond donors (Lipinski definition) is 1. The quantitative estimate of drug-likeness (QED) is 0.493. The summed E-state index contributed by atoms with van der Waals surface area (Å²) in [4.78, 5) is 13.2. The topological polar surface area (TPSA) is 49.8 Å². The minimum absolute atomic E-state index is 0.174. The third-order valence-electron chi connectivity index (χ3n) is 4.51. The van der Waals surface area contributed by atoms with Crippen molar-refractivity contribution in [2.75, 3.05) is 4.90 Å². The lowest BCUT2D eigenvalue weighted by molar-refractivity contribution is 0.0697. The highest BCUT2D eigenvalue weighted by Crippen LogP contribution is 2.34. The molecule has 4 nitrogen and oxygen atoms in total. The Morgan fingerprint density at radius 1 is 1.03 bits per heavy atom. The second-order valence-corrected chi connectivity index (χ2v) is 6.78. The van der Waals surface area contributed by atoms with Crippen molar-refractivity contribution in [3.05, 3.63) is 114 Å². The van der Waals surface area contributed by atoms with Gasteiger partial charge in [-0.3, -0.25) is 0 Å². The highest BCUT2D eigenvalue weighted by molar-refractivity contribution is 5.91. The predicted molar refractivity (Wildman–Crippen MR) is 117 cm³/mol. The molecule has 0 unspecified atom stereocenters. The Morgan fingerprint density at radius 2 is 1.73 bits per heavy atom. The van der Waals surface area contributed by atoms with E-state index in [0.29, 0.717) is 22.8 Å². The first-order valence-electron chi connectivity index (χ1n) is 9.31. The Balaban J connectivity index is 1.90. The summed E-state index contributed by atoms with van der Waals surface area (Å²) in [5.41, 5.74) is 3.66. The van der Waals surface area contributed by atoms with Crippen LogP contribution in [0.15, 0.2) is 91.7 Å². The van der Waals surface area contributed by atoms with Crippen LogP contribution in [-0.4, -0.2) is 11.1 Å². The van der Waals surface area contributed by atoms with Gasteiger partial charge in [-0.1, -0.05) is 43.5 Å². The van der Waals surface area contributed by atoms with Crippen LogP contribution in [-0.2, 0) is 6.61 Å². The monoisotopic (exact) mass is 403 g/mol. The Hall–Kier alpha value is -3.86. The third kappa shape index (κ3) is 4.75. The number of aromatic carboxylic acids is 1. The number of nitrogens with zero attached hydrogens (tertiary/aromatic N) is 1. The Morgan fingerprint density at radius 3 is 2.40 bits per heavy atom. The summed E-state index contributed by atoms with van der Waals surface area (Å²) in [6.45, 7) is 10.3. The van der Waals surface area contributed by atoms with Gasteiger partial charge < -0.3 is 14.7 Å². The van der Waals surface area contributed by atoms with Crippen LogP contribution in [0.2, 0.25) is 0 Å². The zero-order valence-corrected chi connectivity index (χ0v) is 16.6. The SMILES string of the molecule is C=C(C)N(C(=C)c1ccccc1OCc1ccc(F)cc1)c1cccc(C(=O)O)c1. The summed E-state index contributed by atoms with van der Waals surface area (Å²) in [6.07, 6.45) is 0. The van der Waals surface area contributed by atoms with Gasteiger partial charge >= 0.3 is 5.97 Å². The van der Waals surface area contributed by atoms with Crippen LogP contribution < -0.4 is 9.64 Å². The lowest BCUT2D eigenvalue weighted by Gasteiger charge is -2.28. The van der Waals surface area contributed by atoms with Gasteiger partial charge in [-0.2, -0.15) is 0 Å². The second-order valence-electron chi connectivity index (χ2n) is 6.78. The first-order valence-corrected chi connectivity index (χ1v) is 9.31. The molecular formula is C25H22FNO3. The number of allylic oxidation sites excluding steroid dienone is 1. The van der Waals surface area contributed by atoms with E-state index in [1.165, 1.54) is 18.2 Å². The minimum atomic E-state index is -1.01. The minimum Gasteiger partial charge on any atom is -0.488 e. The molecule has 0 saturated heterocycles. The molecule has 0 heterocycles. The van der Waals surface area contributed by atoms with Crippen LogP contribution in [0.25, 0.3) is 5.70 Å². The number of carboxylic acid groups (broad SMARTS) is 1. The zero-order valence-electron chi connectivity index (χ0n) is 16.6. The first-order chi connectivity index (χ1) is 14.4. The van der Waals surface area contributed by atoms with E-state index in [1.807, 2.05) is 31.2 Å². The number of benzene rings is 3. The smallest absolute Gasteiger partial charge is 0.335 e. The molecule has 0 aliphatic heterocycles. The van der Waals surface area contributed by atoms with E-state index < -0.39 is 5.97 Å². The number of anilines is 1. The maximum Gasteiger partial charge on any atom is 0.335 e. The largest absolute Gasteiger partial charge is 0.488 e. The summed E-state index contributed by atoms with van der Waals surface area (Å²) < 4.78 is 19.1. The molecular weight excluding hydrogens is 381 g/mol. The van der Waals surface area contributed by atoms with E-state index in [4.69, 9.17) is 4.74 Å². The van der Waals surface area contributed by atoms with Crippen molar-refractivity contribution >= 4 is 17.4 Å². The van der Waals surface area contributed by atoms with Crippen LogP contribution in [0.1, 0.15) is 28.4 Å². The van der Waals surface area contributed by atoms with Gasteiger partial charge in [0.2, 0.25) is 0 Å². The summed E-state index contributed by atoms with van der Waals surface area (Å²) in [7, 11) is 0. The van der Waals surface area contributed by atoms with Crippen molar-refractivity contribution in [3.8, 4) is 5.75 Å². The number of carboxylic acids is 1. The van der Waals surface area contributed by atoms with Gasteiger partial charge in [-0.05, 0) is 55.0 Å². The van der Waals surface area contributed by atoms with E-state index in [-0.39, 0.29) is 18.0 Å². The third-order valence-corrected chi connectivity index (χ3v) is 4.51. The molecule has 0 amide bonds. The number of rotatable bonds is 8. The molecule has 30 heavy (non-hydrogen) atoms. The van der Waals surface area contributed by atoms with Crippen LogP contribution in [0.4, 0.5) is 10.1 Å². The number of ether oxygens (including phenoxy) is 1. The molecule has 3 aromatic carbocycles. The number of hydrogen-bond acceptors (Lipinski definition) is 3. The highest BCUT2D eigenvalue weighted by Gasteiger charge is 2.18. The molecule has 0 aliphatic rings. The molecule has 0 aliphatic carbocycles. The highest BCUT2D eigenvalue weighted by atomic mass is 19.1. The van der Waals surface area contributed by atoms with Crippen LogP contribution in [0.3, 0.4) is 0 Å². The van der Waals surface area contributed by atoms with Crippen molar-refractivity contribution in [1.82, 2.24) is 0 Å². The first kappa shape index (κ1) is 20.9. The van der Waals surface area contributed by atoms with Crippen LogP contribution >= 0.6 is 0 Å². The summed E-state index contributed by atoms with van der Waals surface area (Å²) >= 11 is 0. The lowest BCUT2D eigenvalue weighted by Crippen LogP contribution is -2.19. The van der Waals surface area contributed by atoms with E-state index in [1.54, 1.807) is 35.2 Å². The molecule has 5 heteroatoms. The zero-order chi connectivity index (χ0) is 21.7. The molecule has 0 aromatic heterocycles. The summed E-state index contributed by atoms with van der Waals surface area (Å²) in [5, 5.41) is 9.32. The molecule has 0 spiro atoms. The predicted octanol–water partition coefficient (Wildman–Crippen LogP) is 6.11. The van der Waals surface area contributed by atoms with Crippen LogP contribution in [0.5, 0.6) is 5.75 Å². The number of carbonyl (C=O) groups is 1. The van der Waals surface area contributed by atoms with Gasteiger partial charge in [0.25, 0.3) is 0 Å². The van der Waals surface area contributed by atoms with E-state index in [0.717, 1.165) is 11.1 Å². The number of para-hydroxylation sites is 1. The maximum absolute atomic E-state index is 13.1. The van der Waals surface area contributed by atoms with Gasteiger partial charge in [-0.25, -0.2) is 9.18 Å². The van der Waals surface area contributed by atoms with Crippen molar-refractivity contribution < 1.29 is 19.0 Å². The fraction of sp³-hybridized carbons (Fsp3) is 0.0800. The van der Waals surface area contributed by atoms with Gasteiger partial charge in [0.05, 0.1) is 5.56 Å². The molecule has 1 N–H and O–H groups in total. The van der Waals surface area contributed by atoms with Crippen molar-refractivity contribution in [2.45, 2.75) is 13.5 Å². The van der Waals surface area contributed by atoms with Gasteiger partial charge in [0.15, 0.2) is 0 Å². The normalized spacial score (nSPS) is 10.3. The Labute approximate surface area is 175 Å². The second kappa shape index (κ2) is 9.09. The van der Waals surface area contributed by atoms with Crippen LogP contribution in [0, 0.1) is 5.82 Å². The van der Waals surface area contributed by atoms with Crippen molar-refractivity contribution in [2.24, 2.45) is 0 Å².